The Kier molecular flexibility index (Phi) is 6.48. The van der Waals surface area contributed by atoms with Crippen LogP contribution in [0, 0.1) is 6.92 Å². The molecule has 8 heteroatoms. The van der Waals surface area contributed by atoms with Gasteiger partial charge in [0.15, 0.2) is 5.16 Å². The second kappa shape index (κ2) is 9.46. The van der Waals surface area contributed by atoms with Crippen LogP contribution in [0.3, 0.4) is 0 Å². The Balaban J connectivity index is 1.67. The van der Waals surface area contributed by atoms with Crippen molar-refractivity contribution in [1.82, 2.24) is 9.55 Å². The minimum Gasteiger partial charge on any atom is -0.497 e. The third kappa shape index (κ3) is 4.64. The van der Waals surface area contributed by atoms with Crippen molar-refractivity contribution in [2.45, 2.75) is 12.1 Å². The maximum absolute atomic E-state index is 13.4. The number of benzene rings is 3. The van der Waals surface area contributed by atoms with Gasteiger partial charge < -0.3 is 10.1 Å². The number of anilines is 1. The fraction of sp³-hybridized carbons (Fsp3) is 0.125. The number of para-hydroxylation sites is 1. The maximum Gasteiger partial charge on any atom is 0.266 e. The van der Waals surface area contributed by atoms with Crippen molar-refractivity contribution >= 4 is 45.9 Å². The number of fused-ring (bicyclic) bond motifs is 1. The van der Waals surface area contributed by atoms with Gasteiger partial charge in [-0.3, -0.25) is 14.2 Å². The summed E-state index contributed by atoms with van der Waals surface area (Å²) in [7, 11) is 1.59. The van der Waals surface area contributed by atoms with E-state index in [0.29, 0.717) is 32.5 Å². The zero-order valence-electron chi connectivity index (χ0n) is 17.5. The first-order chi connectivity index (χ1) is 15.5. The van der Waals surface area contributed by atoms with Crippen LogP contribution in [0.2, 0.25) is 5.02 Å². The summed E-state index contributed by atoms with van der Waals surface area (Å²) in [5, 5.41) is 4.22. The number of hydrogen-bond acceptors (Lipinski definition) is 5. The van der Waals surface area contributed by atoms with Crippen molar-refractivity contribution in [2.75, 3.05) is 18.2 Å². The molecule has 0 aliphatic rings. The standard InChI is InChI=1S/C24H20ClN3O3S/c1-15-5-3-4-6-21(15)28-23(30)19-12-7-16(25)13-20(19)27-24(28)32-14-22(29)26-17-8-10-18(31-2)11-9-17/h3-13H,14H2,1-2H3,(H,26,29). The Morgan fingerprint density at radius 3 is 2.59 bits per heavy atom. The summed E-state index contributed by atoms with van der Waals surface area (Å²) in [6.45, 7) is 1.93. The molecule has 0 radical (unpaired) electrons. The molecule has 0 aliphatic heterocycles. The van der Waals surface area contributed by atoms with Gasteiger partial charge in [-0.2, -0.15) is 0 Å². The van der Waals surface area contributed by atoms with Gasteiger partial charge in [-0.25, -0.2) is 4.98 Å². The van der Waals surface area contributed by atoms with E-state index in [1.807, 2.05) is 31.2 Å². The van der Waals surface area contributed by atoms with Gasteiger partial charge in [0.25, 0.3) is 5.56 Å². The van der Waals surface area contributed by atoms with Crippen LogP contribution >= 0.6 is 23.4 Å². The lowest BCUT2D eigenvalue weighted by Crippen LogP contribution is -2.23. The molecule has 4 aromatic rings. The zero-order chi connectivity index (χ0) is 22.7. The van der Waals surface area contributed by atoms with Crippen molar-refractivity contribution in [2.24, 2.45) is 0 Å². The van der Waals surface area contributed by atoms with Crippen molar-refractivity contribution in [3.05, 3.63) is 87.7 Å². The van der Waals surface area contributed by atoms with Crippen LogP contribution in [0.15, 0.2) is 76.7 Å². The molecular weight excluding hydrogens is 446 g/mol. The van der Waals surface area contributed by atoms with Crippen LogP contribution in [0.1, 0.15) is 5.56 Å². The number of carbonyl (C=O) groups is 1. The average Bonchev–Trinajstić information content (AvgIpc) is 2.79. The summed E-state index contributed by atoms with van der Waals surface area (Å²) in [5.74, 6) is 0.576. The van der Waals surface area contributed by atoms with E-state index in [4.69, 9.17) is 16.3 Å². The number of halogens is 1. The van der Waals surface area contributed by atoms with Crippen molar-refractivity contribution in [3.63, 3.8) is 0 Å². The summed E-state index contributed by atoms with van der Waals surface area (Å²) < 4.78 is 6.68. The van der Waals surface area contributed by atoms with Gasteiger partial charge in [0.05, 0.1) is 29.5 Å². The van der Waals surface area contributed by atoms with Gasteiger partial charge in [0, 0.05) is 10.7 Å². The number of ether oxygens (including phenoxy) is 1. The fourth-order valence-corrected chi connectivity index (χ4v) is 4.24. The lowest BCUT2D eigenvalue weighted by atomic mass is 10.2. The number of hydrogen-bond donors (Lipinski definition) is 1. The highest BCUT2D eigenvalue weighted by atomic mass is 35.5. The van der Waals surface area contributed by atoms with Gasteiger partial charge in [0.1, 0.15) is 5.75 Å². The quantitative estimate of drug-likeness (QED) is 0.317. The zero-order valence-corrected chi connectivity index (χ0v) is 19.0. The van der Waals surface area contributed by atoms with Gasteiger partial charge in [-0.05, 0) is 61.0 Å². The van der Waals surface area contributed by atoms with Crippen LogP contribution in [0.4, 0.5) is 5.69 Å². The fourth-order valence-electron chi connectivity index (χ4n) is 3.26. The summed E-state index contributed by atoms with van der Waals surface area (Å²) in [4.78, 5) is 30.6. The normalized spacial score (nSPS) is 10.8. The van der Waals surface area contributed by atoms with E-state index in [1.54, 1.807) is 54.1 Å². The number of rotatable bonds is 6. The second-order valence-electron chi connectivity index (χ2n) is 7.05. The first-order valence-electron chi connectivity index (χ1n) is 9.81. The molecule has 0 unspecified atom stereocenters. The third-order valence-electron chi connectivity index (χ3n) is 4.86. The first-order valence-corrected chi connectivity index (χ1v) is 11.2. The molecule has 0 fully saturated rings. The van der Waals surface area contributed by atoms with Crippen molar-refractivity contribution < 1.29 is 9.53 Å². The number of aromatic nitrogens is 2. The predicted octanol–water partition coefficient (Wildman–Crippen LogP) is 5.09. The van der Waals surface area contributed by atoms with E-state index < -0.39 is 0 Å². The molecule has 6 nitrogen and oxygen atoms in total. The Morgan fingerprint density at radius 2 is 1.88 bits per heavy atom. The molecule has 4 rings (SSSR count). The molecule has 1 N–H and O–H groups in total. The lowest BCUT2D eigenvalue weighted by Gasteiger charge is -2.15. The molecule has 3 aromatic carbocycles. The molecule has 0 bridgehead atoms. The minimum absolute atomic E-state index is 0.0798. The summed E-state index contributed by atoms with van der Waals surface area (Å²) in [5.41, 5.74) is 2.59. The molecule has 0 spiro atoms. The summed E-state index contributed by atoms with van der Waals surface area (Å²) in [6, 6.07) is 19.6. The molecule has 0 aliphatic carbocycles. The van der Waals surface area contributed by atoms with Crippen LogP contribution in [0.5, 0.6) is 5.75 Å². The number of carbonyl (C=O) groups excluding carboxylic acids is 1. The van der Waals surface area contributed by atoms with Gasteiger partial charge in [-0.1, -0.05) is 41.6 Å². The van der Waals surface area contributed by atoms with Crippen molar-refractivity contribution in [1.29, 1.82) is 0 Å². The minimum atomic E-state index is -0.211. The first kappa shape index (κ1) is 21.9. The molecule has 1 aromatic heterocycles. The van der Waals surface area contributed by atoms with E-state index in [0.717, 1.165) is 11.3 Å². The largest absolute Gasteiger partial charge is 0.497 e. The average molecular weight is 466 g/mol. The Hall–Kier alpha value is -3.29. The van der Waals surface area contributed by atoms with E-state index in [2.05, 4.69) is 10.3 Å². The number of methoxy groups -OCH3 is 1. The van der Waals surface area contributed by atoms with E-state index in [-0.39, 0.29) is 17.2 Å². The van der Waals surface area contributed by atoms with Crippen LogP contribution in [0.25, 0.3) is 16.6 Å². The second-order valence-corrected chi connectivity index (χ2v) is 8.43. The monoisotopic (exact) mass is 465 g/mol. The maximum atomic E-state index is 13.4. The highest BCUT2D eigenvalue weighted by molar-refractivity contribution is 7.99. The Morgan fingerprint density at radius 1 is 1.12 bits per heavy atom. The van der Waals surface area contributed by atoms with E-state index in [9.17, 15) is 9.59 Å². The van der Waals surface area contributed by atoms with Crippen molar-refractivity contribution in [3.8, 4) is 11.4 Å². The molecular formula is C24H20ClN3O3S. The van der Waals surface area contributed by atoms with Crippen LogP contribution in [-0.2, 0) is 4.79 Å². The van der Waals surface area contributed by atoms with Crippen LogP contribution < -0.4 is 15.6 Å². The summed E-state index contributed by atoms with van der Waals surface area (Å²) >= 11 is 7.31. The molecule has 162 valence electrons. The van der Waals surface area contributed by atoms with E-state index >= 15 is 0 Å². The molecule has 1 heterocycles. The molecule has 1 amide bonds. The number of thioether (sulfide) groups is 1. The topological polar surface area (TPSA) is 73.2 Å². The van der Waals surface area contributed by atoms with Crippen LogP contribution in [-0.4, -0.2) is 28.3 Å². The highest BCUT2D eigenvalue weighted by Gasteiger charge is 2.16. The molecule has 0 atom stereocenters. The smallest absolute Gasteiger partial charge is 0.266 e. The Bertz CT molecular complexity index is 1350. The van der Waals surface area contributed by atoms with Gasteiger partial charge >= 0.3 is 0 Å². The van der Waals surface area contributed by atoms with Gasteiger partial charge in [-0.15, -0.1) is 0 Å². The molecule has 0 saturated carbocycles. The lowest BCUT2D eigenvalue weighted by molar-refractivity contribution is -0.113. The SMILES string of the molecule is COc1ccc(NC(=O)CSc2nc3cc(Cl)ccc3c(=O)n2-c2ccccc2C)cc1. The third-order valence-corrected chi connectivity index (χ3v) is 6.04. The van der Waals surface area contributed by atoms with Gasteiger partial charge in [0.2, 0.25) is 5.91 Å². The molecule has 0 saturated heterocycles. The highest BCUT2D eigenvalue weighted by Crippen LogP contribution is 2.25. The van der Waals surface area contributed by atoms with E-state index in [1.165, 1.54) is 11.8 Å². The number of nitrogens with one attached hydrogen (secondary N) is 1. The number of aryl methyl sites for hydroxylation is 1. The number of amides is 1. The Labute approximate surface area is 194 Å². The predicted molar refractivity (Wildman–Crippen MR) is 129 cm³/mol. The number of nitrogens with zero attached hydrogens (tertiary/aromatic N) is 2. The summed E-state index contributed by atoms with van der Waals surface area (Å²) in [6.07, 6.45) is 0. The molecule has 32 heavy (non-hydrogen) atoms.